The number of hydrogen-bond donors (Lipinski definition) is 5. The SMILES string of the molecule is C=C/C=C\CC(NC(N)=O)C(C)C(O)C(C)C/C(C)=C\C(C)C(O)C/C=C\CCc1cccc(O)c1.CC. The number of aliphatic hydroxyl groups excluding tert-OH is 2. The summed E-state index contributed by atoms with van der Waals surface area (Å²) in [6.07, 6.45) is 13.9. The molecule has 0 aliphatic heterocycles. The molecule has 0 aliphatic rings. The number of nitrogens with two attached hydrogens (primary N) is 1. The van der Waals surface area contributed by atoms with E-state index in [-0.39, 0.29) is 29.5 Å². The van der Waals surface area contributed by atoms with Gasteiger partial charge in [0, 0.05) is 17.9 Å². The molecule has 6 unspecified atom stereocenters. The first-order valence-corrected chi connectivity index (χ1v) is 13.8. The van der Waals surface area contributed by atoms with Crippen molar-refractivity contribution in [3.05, 3.63) is 78.4 Å². The minimum atomic E-state index is -0.628. The molecule has 38 heavy (non-hydrogen) atoms. The lowest BCUT2D eigenvalue weighted by molar-refractivity contribution is 0.0494. The molecule has 0 aliphatic carbocycles. The number of phenolic OH excluding ortho intramolecular Hbond substituents is 1. The highest BCUT2D eigenvalue weighted by Gasteiger charge is 2.28. The lowest BCUT2D eigenvalue weighted by Crippen LogP contribution is -2.47. The predicted molar refractivity (Wildman–Crippen MR) is 160 cm³/mol. The van der Waals surface area contributed by atoms with Crippen molar-refractivity contribution in [2.24, 2.45) is 23.5 Å². The number of rotatable bonds is 16. The topological polar surface area (TPSA) is 116 Å². The maximum atomic E-state index is 11.4. The fourth-order valence-corrected chi connectivity index (χ4v) is 4.45. The average molecular weight is 529 g/mol. The summed E-state index contributed by atoms with van der Waals surface area (Å²) < 4.78 is 0. The molecule has 0 heterocycles. The molecule has 1 rings (SSSR count). The van der Waals surface area contributed by atoms with Gasteiger partial charge in [-0.15, -0.1) is 0 Å². The molecule has 6 N–H and O–H groups in total. The molecule has 6 heteroatoms. The maximum Gasteiger partial charge on any atom is 0.312 e. The van der Waals surface area contributed by atoms with E-state index < -0.39 is 18.2 Å². The first-order chi connectivity index (χ1) is 18.0. The van der Waals surface area contributed by atoms with Crippen LogP contribution in [0.5, 0.6) is 5.75 Å². The monoisotopic (exact) mass is 528 g/mol. The van der Waals surface area contributed by atoms with E-state index in [0.29, 0.717) is 19.3 Å². The number of allylic oxidation sites excluding steroid dienone is 4. The van der Waals surface area contributed by atoms with Gasteiger partial charge in [-0.1, -0.05) is 95.4 Å². The second-order valence-electron chi connectivity index (χ2n) is 9.90. The van der Waals surface area contributed by atoms with Crippen LogP contribution in [0.15, 0.2) is 72.9 Å². The van der Waals surface area contributed by atoms with E-state index in [9.17, 15) is 20.1 Å². The summed E-state index contributed by atoms with van der Waals surface area (Å²) in [5, 5.41) is 33.8. The minimum absolute atomic E-state index is 0.0178. The van der Waals surface area contributed by atoms with E-state index in [4.69, 9.17) is 5.73 Å². The first kappa shape index (κ1) is 35.2. The fraction of sp³-hybridized carbons (Fsp3) is 0.531. The number of hydrogen-bond acceptors (Lipinski definition) is 4. The van der Waals surface area contributed by atoms with E-state index in [0.717, 1.165) is 24.0 Å². The number of aromatic hydroxyl groups is 1. The number of aryl methyl sites for hydroxylation is 1. The van der Waals surface area contributed by atoms with Crippen LogP contribution in [0.2, 0.25) is 0 Å². The van der Waals surface area contributed by atoms with Crippen molar-refractivity contribution in [3.63, 3.8) is 0 Å². The number of aliphatic hydroxyl groups is 2. The number of primary amides is 1. The van der Waals surface area contributed by atoms with Crippen LogP contribution >= 0.6 is 0 Å². The summed E-state index contributed by atoms with van der Waals surface area (Å²) in [6, 6.07) is 6.38. The molecular formula is C32H52N2O4. The molecule has 1 aromatic carbocycles. The molecule has 6 atom stereocenters. The Bertz CT molecular complexity index is 893. The molecule has 0 radical (unpaired) electrons. The van der Waals surface area contributed by atoms with Crippen LogP contribution in [0, 0.1) is 17.8 Å². The van der Waals surface area contributed by atoms with E-state index in [1.54, 1.807) is 18.2 Å². The molecule has 2 amide bonds. The molecule has 0 bridgehead atoms. The highest BCUT2D eigenvalue weighted by Crippen LogP contribution is 2.25. The fourth-order valence-electron chi connectivity index (χ4n) is 4.45. The Morgan fingerprint density at radius 1 is 1.11 bits per heavy atom. The molecule has 1 aromatic rings. The molecule has 6 nitrogen and oxygen atoms in total. The van der Waals surface area contributed by atoms with Gasteiger partial charge in [-0.3, -0.25) is 0 Å². The van der Waals surface area contributed by atoms with Gasteiger partial charge in [0.2, 0.25) is 0 Å². The molecular weight excluding hydrogens is 476 g/mol. The van der Waals surface area contributed by atoms with Gasteiger partial charge in [0.05, 0.1) is 12.2 Å². The van der Waals surface area contributed by atoms with E-state index in [1.165, 1.54) is 0 Å². The van der Waals surface area contributed by atoms with Crippen molar-refractivity contribution in [3.8, 4) is 5.75 Å². The van der Waals surface area contributed by atoms with Crippen LogP contribution in [-0.4, -0.2) is 39.6 Å². The maximum absolute atomic E-state index is 11.4. The van der Waals surface area contributed by atoms with Crippen molar-refractivity contribution in [1.82, 2.24) is 5.32 Å². The normalized spacial score (nSPS) is 16.7. The van der Waals surface area contributed by atoms with E-state index >= 15 is 0 Å². The second-order valence-corrected chi connectivity index (χ2v) is 9.90. The van der Waals surface area contributed by atoms with Gasteiger partial charge in [-0.25, -0.2) is 4.79 Å². The molecule has 0 saturated carbocycles. The van der Waals surface area contributed by atoms with Crippen LogP contribution in [0.3, 0.4) is 0 Å². The van der Waals surface area contributed by atoms with Crippen LogP contribution in [0.4, 0.5) is 4.79 Å². The smallest absolute Gasteiger partial charge is 0.312 e. The third kappa shape index (κ3) is 14.8. The Kier molecular flexibility index (Phi) is 18.7. The van der Waals surface area contributed by atoms with Crippen molar-refractivity contribution in [2.75, 3.05) is 0 Å². The zero-order valence-electron chi connectivity index (χ0n) is 24.3. The minimum Gasteiger partial charge on any atom is -0.508 e. The van der Waals surface area contributed by atoms with Gasteiger partial charge >= 0.3 is 6.03 Å². The Labute approximate surface area is 231 Å². The van der Waals surface area contributed by atoms with Crippen molar-refractivity contribution >= 4 is 6.03 Å². The molecule has 0 saturated heterocycles. The summed E-state index contributed by atoms with van der Waals surface area (Å²) >= 11 is 0. The third-order valence-electron chi connectivity index (χ3n) is 6.60. The Morgan fingerprint density at radius 3 is 2.39 bits per heavy atom. The average Bonchev–Trinajstić information content (AvgIpc) is 2.87. The van der Waals surface area contributed by atoms with Crippen molar-refractivity contribution < 1.29 is 20.1 Å². The van der Waals surface area contributed by atoms with Gasteiger partial charge in [0.1, 0.15) is 5.75 Å². The Hall–Kier alpha value is -2.83. The lowest BCUT2D eigenvalue weighted by atomic mass is 9.83. The number of benzene rings is 1. The zero-order valence-corrected chi connectivity index (χ0v) is 24.3. The number of carbonyl (C=O) groups excluding carboxylic acids is 1. The van der Waals surface area contributed by atoms with E-state index in [2.05, 4.69) is 24.0 Å². The Balaban J connectivity index is 0.00000667. The standard InChI is InChI=1S/C30H46N2O4.C2H6/c1-6-7-9-16-27(32-30(31)36)24(5)29(35)23(4)19-21(2)18-22(3)28(34)17-11-8-10-13-25-14-12-15-26(33)20-25;1-2/h6-9,11-12,14-15,18,20,22-24,27-29,33-35H,1,10,13,16-17,19H2,2-5H3,(H3,31,32,36);1-2H3/b9-7-,11-8-,21-18-;. The summed E-state index contributed by atoms with van der Waals surface area (Å²) in [5.41, 5.74) is 7.53. The summed E-state index contributed by atoms with van der Waals surface area (Å²) in [4.78, 5) is 11.4. The Morgan fingerprint density at radius 2 is 1.79 bits per heavy atom. The highest BCUT2D eigenvalue weighted by atomic mass is 16.3. The van der Waals surface area contributed by atoms with Crippen LogP contribution in [0.25, 0.3) is 0 Å². The largest absolute Gasteiger partial charge is 0.508 e. The third-order valence-corrected chi connectivity index (χ3v) is 6.60. The molecule has 0 aromatic heterocycles. The summed E-state index contributed by atoms with van der Waals surface area (Å²) in [6.45, 7) is 15.6. The first-order valence-electron chi connectivity index (χ1n) is 13.8. The molecule has 0 spiro atoms. The lowest BCUT2D eigenvalue weighted by Gasteiger charge is -2.31. The van der Waals surface area contributed by atoms with Gasteiger partial charge in [0.25, 0.3) is 0 Å². The van der Waals surface area contributed by atoms with E-state index in [1.807, 2.05) is 71.9 Å². The number of nitrogens with one attached hydrogen (secondary N) is 1. The van der Waals surface area contributed by atoms with Gasteiger partial charge in [0.15, 0.2) is 0 Å². The van der Waals surface area contributed by atoms with Crippen LogP contribution in [0.1, 0.15) is 72.8 Å². The van der Waals surface area contributed by atoms with Gasteiger partial charge in [-0.05, 0) is 62.6 Å². The number of carbonyl (C=O) groups is 1. The number of amides is 2. The van der Waals surface area contributed by atoms with Crippen LogP contribution < -0.4 is 11.1 Å². The van der Waals surface area contributed by atoms with Gasteiger partial charge < -0.3 is 26.4 Å². The van der Waals surface area contributed by atoms with Gasteiger partial charge in [-0.2, -0.15) is 0 Å². The quantitative estimate of drug-likeness (QED) is 0.125. The second kappa shape index (κ2) is 20.2. The molecule has 214 valence electrons. The zero-order chi connectivity index (χ0) is 29.1. The van der Waals surface area contributed by atoms with Crippen molar-refractivity contribution in [2.45, 2.75) is 91.9 Å². The van der Waals surface area contributed by atoms with Crippen molar-refractivity contribution in [1.29, 1.82) is 0 Å². The number of urea groups is 1. The molecule has 0 fully saturated rings. The summed E-state index contributed by atoms with van der Waals surface area (Å²) in [5.74, 6) is 0.0408. The van der Waals surface area contributed by atoms with Crippen LogP contribution in [-0.2, 0) is 6.42 Å². The summed E-state index contributed by atoms with van der Waals surface area (Å²) in [7, 11) is 0. The highest BCUT2D eigenvalue weighted by molar-refractivity contribution is 5.72. The number of phenols is 1. The predicted octanol–water partition coefficient (Wildman–Crippen LogP) is 6.43.